The van der Waals surface area contributed by atoms with Gasteiger partial charge in [-0.15, -0.1) is 0 Å². The van der Waals surface area contributed by atoms with Crippen LogP contribution in [0.1, 0.15) is 0 Å². The van der Waals surface area contributed by atoms with E-state index in [4.69, 9.17) is 9.52 Å². The Morgan fingerprint density at radius 1 is 1.29 bits per heavy atom. The van der Waals surface area contributed by atoms with Gasteiger partial charge in [0.2, 0.25) is 11.3 Å². The van der Waals surface area contributed by atoms with Gasteiger partial charge in [-0.25, -0.2) is 4.98 Å². The Morgan fingerprint density at radius 2 is 2.10 bits per heavy atom. The number of aliphatic hydroxyl groups is 1. The number of phenols is 1. The fraction of sp³-hybridized carbons (Fsp3) is 0.0714. The van der Waals surface area contributed by atoms with E-state index in [-0.39, 0.29) is 17.2 Å². The molecule has 1 aliphatic carbocycles. The molecule has 21 heavy (non-hydrogen) atoms. The van der Waals surface area contributed by atoms with Crippen LogP contribution < -0.4 is 10.7 Å². The van der Waals surface area contributed by atoms with E-state index in [1.807, 2.05) is 0 Å². The Bertz CT molecular complexity index is 871. The molecule has 1 aliphatic heterocycles. The van der Waals surface area contributed by atoms with Crippen molar-refractivity contribution in [1.29, 1.82) is 0 Å². The van der Waals surface area contributed by atoms with Gasteiger partial charge in [-0.2, -0.15) is 0 Å². The lowest BCUT2D eigenvalue weighted by Gasteiger charge is -2.08. The van der Waals surface area contributed by atoms with Gasteiger partial charge in [-0.3, -0.25) is 9.59 Å². The number of rotatable bonds is 2. The van der Waals surface area contributed by atoms with Crippen LogP contribution in [-0.2, 0) is 4.79 Å². The molecule has 1 heterocycles. The summed E-state index contributed by atoms with van der Waals surface area (Å²) in [6.45, 7) is -0.716. The standard InChI is InChI=1S/C14H10N2O5/c17-6-14(20)16-9-4-10-13(5-11(9)19)21-12-3-7(18)1-2-8(12)15-10/h1-5,17-18H,6H2,(H,16,20). The molecule has 7 heteroatoms. The number of anilines is 1. The lowest BCUT2D eigenvalue weighted by atomic mass is 10.2. The van der Waals surface area contributed by atoms with Crippen molar-refractivity contribution in [3.05, 3.63) is 40.6 Å². The van der Waals surface area contributed by atoms with Crippen LogP contribution in [0.5, 0.6) is 5.75 Å². The minimum Gasteiger partial charge on any atom is -0.508 e. The average Bonchev–Trinajstić information content (AvgIpc) is 2.46. The van der Waals surface area contributed by atoms with Crippen molar-refractivity contribution in [3.8, 4) is 17.2 Å². The first-order valence-corrected chi connectivity index (χ1v) is 6.05. The number of amides is 1. The Morgan fingerprint density at radius 3 is 2.86 bits per heavy atom. The number of aromatic nitrogens is 1. The molecule has 1 aromatic carbocycles. The lowest BCUT2D eigenvalue weighted by Crippen LogP contribution is -2.20. The fourth-order valence-corrected chi connectivity index (χ4v) is 1.93. The third-order valence-electron chi connectivity index (χ3n) is 2.88. The molecular formula is C14H10N2O5. The van der Waals surface area contributed by atoms with Gasteiger partial charge in [-0.05, 0) is 18.2 Å². The van der Waals surface area contributed by atoms with Crippen molar-refractivity contribution >= 4 is 22.7 Å². The average molecular weight is 286 g/mol. The SMILES string of the molecule is O=C(CO)Nc1cc2nc3ccc(O)cc3oc-2cc1=O. The summed E-state index contributed by atoms with van der Waals surface area (Å²) in [5.41, 5.74) is 0.769. The summed E-state index contributed by atoms with van der Waals surface area (Å²) < 4.78 is 5.51. The third kappa shape index (κ3) is 2.41. The molecule has 7 nitrogen and oxygen atoms in total. The molecule has 0 unspecified atom stereocenters. The van der Waals surface area contributed by atoms with Gasteiger partial charge in [0.15, 0.2) is 11.3 Å². The first-order chi connectivity index (χ1) is 10.1. The van der Waals surface area contributed by atoms with Crippen molar-refractivity contribution in [2.45, 2.75) is 0 Å². The topological polar surface area (TPSA) is 113 Å². The molecule has 0 saturated carbocycles. The number of aromatic hydroxyl groups is 1. The van der Waals surface area contributed by atoms with E-state index < -0.39 is 17.9 Å². The van der Waals surface area contributed by atoms with Crippen LogP contribution in [0.3, 0.4) is 0 Å². The molecule has 0 atom stereocenters. The number of benzene rings is 2. The van der Waals surface area contributed by atoms with Crippen molar-refractivity contribution < 1.29 is 19.4 Å². The van der Waals surface area contributed by atoms with Gasteiger partial charge < -0.3 is 19.9 Å². The molecule has 0 spiro atoms. The van der Waals surface area contributed by atoms with E-state index in [1.165, 1.54) is 24.3 Å². The first-order valence-electron chi connectivity index (χ1n) is 6.05. The van der Waals surface area contributed by atoms with Crippen LogP contribution in [-0.4, -0.2) is 27.7 Å². The lowest BCUT2D eigenvalue weighted by molar-refractivity contribution is -0.118. The van der Waals surface area contributed by atoms with Crippen molar-refractivity contribution in [2.75, 3.05) is 11.9 Å². The van der Waals surface area contributed by atoms with E-state index in [0.29, 0.717) is 16.8 Å². The second-order valence-corrected chi connectivity index (χ2v) is 4.39. The number of nitrogens with one attached hydrogen (secondary N) is 1. The van der Waals surface area contributed by atoms with E-state index in [9.17, 15) is 14.7 Å². The van der Waals surface area contributed by atoms with Gasteiger partial charge in [0.05, 0.1) is 5.69 Å². The number of hydrogen-bond acceptors (Lipinski definition) is 6. The number of carbonyl (C=O) groups excluding carboxylic acids is 1. The van der Waals surface area contributed by atoms with Crippen molar-refractivity contribution in [2.24, 2.45) is 0 Å². The molecule has 3 N–H and O–H groups in total. The Hall–Kier alpha value is -2.93. The predicted molar refractivity (Wildman–Crippen MR) is 74.3 cm³/mol. The molecule has 3 rings (SSSR count). The van der Waals surface area contributed by atoms with E-state index in [2.05, 4.69) is 10.3 Å². The van der Waals surface area contributed by atoms with E-state index in [0.717, 1.165) is 0 Å². The predicted octanol–water partition coefficient (Wildman–Crippen LogP) is 0.929. The maximum atomic E-state index is 11.9. The zero-order valence-corrected chi connectivity index (χ0v) is 10.7. The van der Waals surface area contributed by atoms with Crippen LogP contribution in [0.25, 0.3) is 22.6 Å². The highest BCUT2D eigenvalue weighted by Crippen LogP contribution is 2.27. The molecule has 0 radical (unpaired) electrons. The number of carbonyl (C=O) groups is 1. The largest absolute Gasteiger partial charge is 0.508 e. The van der Waals surface area contributed by atoms with Crippen LogP contribution in [0.15, 0.2) is 39.5 Å². The van der Waals surface area contributed by atoms with Crippen molar-refractivity contribution in [1.82, 2.24) is 4.98 Å². The monoisotopic (exact) mass is 286 g/mol. The number of aliphatic hydroxyl groups excluding tert-OH is 1. The quantitative estimate of drug-likeness (QED) is 0.604. The van der Waals surface area contributed by atoms with Gasteiger partial charge >= 0.3 is 0 Å². The van der Waals surface area contributed by atoms with Crippen molar-refractivity contribution in [3.63, 3.8) is 0 Å². The zero-order valence-electron chi connectivity index (χ0n) is 10.7. The zero-order chi connectivity index (χ0) is 15.0. The van der Waals surface area contributed by atoms with Crippen LogP contribution in [0.4, 0.5) is 5.69 Å². The van der Waals surface area contributed by atoms with Gasteiger partial charge in [0, 0.05) is 12.1 Å². The molecule has 0 aromatic heterocycles. The maximum Gasteiger partial charge on any atom is 0.250 e. The minimum absolute atomic E-state index is 0.0161. The first kappa shape index (κ1) is 13.1. The highest BCUT2D eigenvalue weighted by Gasteiger charge is 2.14. The number of nitrogens with zero attached hydrogens (tertiary/aromatic N) is 1. The Kier molecular flexibility index (Phi) is 3.03. The van der Waals surface area contributed by atoms with Gasteiger partial charge in [0.1, 0.15) is 23.6 Å². The summed E-state index contributed by atoms with van der Waals surface area (Å²) in [7, 11) is 0. The van der Waals surface area contributed by atoms with E-state index >= 15 is 0 Å². The smallest absolute Gasteiger partial charge is 0.250 e. The van der Waals surface area contributed by atoms with Crippen LogP contribution in [0.2, 0.25) is 0 Å². The second-order valence-electron chi connectivity index (χ2n) is 4.39. The maximum absolute atomic E-state index is 11.9. The molecular weight excluding hydrogens is 276 g/mol. The van der Waals surface area contributed by atoms with Crippen LogP contribution >= 0.6 is 0 Å². The summed E-state index contributed by atoms with van der Waals surface area (Å²) in [4.78, 5) is 27.3. The minimum atomic E-state index is -0.716. The Balaban J connectivity index is 2.19. The van der Waals surface area contributed by atoms with E-state index in [1.54, 1.807) is 6.07 Å². The van der Waals surface area contributed by atoms with Gasteiger partial charge in [-0.1, -0.05) is 0 Å². The molecule has 0 saturated heterocycles. The number of hydrogen-bond donors (Lipinski definition) is 3. The number of fused-ring (bicyclic) bond motifs is 2. The fourth-order valence-electron chi connectivity index (χ4n) is 1.93. The normalized spacial score (nSPS) is 10.9. The molecule has 2 aliphatic rings. The summed E-state index contributed by atoms with van der Waals surface area (Å²) in [6.07, 6.45) is 0. The molecule has 0 fully saturated rings. The summed E-state index contributed by atoms with van der Waals surface area (Å²) in [5, 5.41) is 20.4. The second kappa shape index (κ2) is 4.88. The van der Waals surface area contributed by atoms with Gasteiger partial charge in [0.25, 0.3) is 0 Å². The molecule has 1 aromatic rings. The summed E-state index contributed by atoms with van der Waals surface area (Å²) >= 11 is 0. The highest BCUT2D eigenvalue weighted by molar-refractivity contribution is 5.92. The summed E-state index contributed by atoms with van der Waals surface area (Å²) in [5.74, 6) is -0.421. The highest BCUT2D eigenvalue weighted by atomic mass is 16.3. The molecule has 1 amide bonds. The Labute approximate surface area is 117 Å². The summed E-state index contributed by atoms with van der Waals surface area (Å²) in [6, 6.07) is 7.01. The molecule has 0 bridgehead atoms. The third-order valence-corrected chi connectivity index (χ3v) is 2.88. The molecule has 106 valence electrons. The van der Waals surface area contributed by atoms with Crippen LogP contribution in [0, 0.1) is 0 Å². The number of phenolic OH excluding ortho intramolecular Hbond substituents is 1.